The third-order valence-electron chi connectivity index (χ3n) is 8.42. The van der Waals surface area contributed by atoms with Crippen molar-refractivity contribution in [2.75, 3.05) is 7.11 Å². The lowest BCUT2D eigenvalue weighted by atomic mass is 9.95. The maximum absolute atomic E-state index is 13.3. The molecule has 0 spiro atoms. The Bertz CT molecular complexity index is 1110. The van der Waals surface area contributed by atoms with Crippen LogP contribution in [-0.4, -0.2) is 69.8 Å². The summed E-state index contributed by atoms with van der Waals surface area (Å²) < 4.78 is 36.2. The van der Waals surface area contributed by atoms with Gasteiger partial charge in [0.15, 0.2) is 32.9 Å². The molecule has 0 saturated carbocycles. The van der Waals surface area contributed by atoms with E-state index in [9.17, 15) is 19.2 Å². The van der Waals surface area contributed by atoms with E-state index in [0.29, 0.717) is 0 Å². The molecular formula is C32H50O10Si. The van der Waals surface area contributed by atoms with Gasteiger partial charge in [-0.25, -0.2) is 4.79 Å². The molecule has 10 nitrogen and oxygen atoms in total. The number of rotatable bonds is 13. The van der Waals surface area contributed by atoms with E-state index in [-0.39, 0.29) is 36.2 Å². The third kappa shape index (κ3) is 9.69. The number of esters is 3. The predicted octanol–water partition coefficient (Wildman–Crippen LogP) is 5.37. The largest absolute Gasteiger partial charge is 0.467 e. The Morgan fingerprint density at radius 1 is 0.907 bits per heavy atom. The summed E-state index contributed by atoms with van der Waals surface area (Å²) in [5, 5.41) is -0.258. The molecule has 1 aromatic rings. The summed E-state index contributed by atoms with van der Waals surface area (Å²) in [5.41, 5.74) is -0.0924. The smallest absolute Gasteiger partial charge is 0.339 e. The molecule has 1 heterocycles. The Morgan fingerprint density at radius 2 is 1.51 bits per heavy atom. The maximum Gasteiger partial charge on any atom is 0.339 e. The quantitative estimate of drug-likeness (QED) is 0.161. The Labute approximate surface area is 257 Å². The van der Waals surface area contributed by atoms with Gasteiger partial charge in [-0.1, -0.05) is 58.0 Å². The van der Waals surface area contributed by atoms with Gasteiger partial charge in [-0.05, 0) is 57.3 Å². The van der Waals surface area contributed by atoms with E-state index in [2.05, 4.69) is 27.7 Å². The van der Waals surface area contributed by atoms with Gasteiger partial charge < -0.3 is 32.9 Å². The first-order chi connectivity index (χ1) is 19.8. The minimum Gasteiger partial charge on any atom is -0.467 e. The number of ether oxygens (including phenoxy) is 5. The van der Waals surface area contributed by atoms with Crippen LogP contribution in [0.25, 0.3) is 0 Å². The van der Waals surface area contributed by atoms with Crippen molar-refractivity contribution >= 4 is 32.0 Å². The minimum absolute atomic E-state index is 0.0386. The summed E-state index contributed by atoms with van der Waals surface area (Å²) >= 11 is 0. The number of ketones is 1. The van der Waals surface area contributed by atoms with E-state index < -0.39 is 62.3 Å². The van der Waals surface area contributed by atoms with Crippen LogP contribution in [0.2, 0.25) is 18.1 Å². The summed E-state index contributed by atoms with van der Waals surface area (Å²) in [6, 6.07) is 9.28. The maximum atomic E-state index is 13.3. The Morgan fingerprint density at radius 3 is 2.02 bits per heavy atom. The van der Waals surface area contributed by atoms with Crippen molar-refractivity contribution in [3.05, 3.63) is 35.9 Å². The van der Waals surface area contributed by atoms with Crippen LogP contribution in [0.5, 0.6) is 0 Å². The second-order valence-corrected chi connectivity index (χ2v) is 18.0. The van der Waals surface area contributed by atoms with Crippen molar-refractivity contribution in [2.45, 2.75) is 124 Å². The standard InChI is InChI=1S/C32H50O10Si/c1-20(2)32(7,8)43(10,11)42-29-27(41-30(36)31(4,5)6)24(38-19-22-15-13-12-14-16-22)25(26(40-29)28(35)37-9)39-23(34)18-17-21(3)33/h12-16,20,24-27,29H,17-19H2,1-11H3/t24-,25-,26+,27+,29?/m0/s1. The highest BCUT2D eigenvalue weighted by molar-refractivity contribution is 6.74. The first-order valence-corrected chi connectivity index (χ1v) is 17.7. The van der Waals surface area contributed by atoms with Gasteiger partial charge in [-0.3, -0.25) is 9.59 Å². The molecule has 1 saturated heterocycles. The van der Waals surface area contributed by atoms with Crippen molar-refractivity contribution in [1.82, 2.24) is 0 Å². The molecule has 43 heavy (non-hydrogen) atoms. The van der Waals surface area contributed by atoms with Gasteiger partial charge >= 0.3 is 17.9 Å². The number of Topliss-reactive ketones (excluding diaryl/α,β-unsaturated/α-hetero) is 1. The fourth-order valence-corrected chi connectivity index (χ4v) is 6.81. The van der Waals surface area contributed by atoms with Gasteiger partial charge in [-0.15, -0.1) is 0 Å². The van der Waals surface area contributed by atoms with Crippen LogP contribution in [0, 0.1) is 11.3 Å². The molecule has 1 fully saturated rings. The van der Waals surface area contributed by atoms with E-state index in [0.717, 1.165) is 5.56 Å². The molecule has 0 radical (unpaired) electrons. The minimum atomic E-state index is -2.66. The second-order valence-electron chi connectivity index (χ2n) is 13.5. The average Bonchev–Trinajstić information content (AvgIpc) is 2.91. The molecular weight excluding hydrogens is 572 g/mol. The van der Waals surface area contributed by atoms with Gasteiger partial charge in [0, 0.05) is 6.42 Å². The monoisotopic (exact) mass is 622 g/mol. The van der Waals surface area contributed by atoms with Crippen molar-refractivity contribution in [3.8, 4) is 0 Å². The fraction of sp³-hybridized carbons (Fsp3) is 0.688. The molecule has 242 valence electrons. The number of benzene rings is 1. The lowest BCUT2D eigenvalue weighted by Crippen LogP contribution is -2.66. The van der Waals surface area contributed by atoms with Crippen molar-refractivity contribution in [1.29, 1.82) is 0 Å². The van der Waals surface area contributed by atoms with Gasteiger partial charge in [0.1, 0.15) is 11.9 Å². The van der Waals surface area contributed by atoms with Gasteiger partial charge in [0.05, 0.1) is 25.6 Å². The first kappa shape index (κ1) is 36.6. The molecule has 0 amide bonds. The number of carbonyl (C=O) groups excluding carboxylic acids is 4. The summed E-state index contributed by atoms with van der Waals surface area (Å²) in [6.07, 6.45) is -6.68. The van der Waals surface area contributed by atoms with Crippen molar-refractivity contribution < 1.29 is 47.3 Å². The zero-order valence-electron chi connectivity index (χ0n) is 27.6. The number of methoxy groups -OCH3 is 1. The zero-order chi connectivity index (χ0) is 32.8. The van der Waals surface area contributed by atoms with Crippen LogP contribution in [0.15, 0.2) is 30.3 Å². The summed E-state index contributed by atoms with van der Waals surface area (Å²) in [7, 11) is -1.46. The Balaban J connectivity index is 2.66. The SMILES string of the molecule is COC(=O)[C@@H]1OC(O[Si](C)(C)C(C)(C)C(C)C)[C@H](OC(=O)C(C)(C)C)[C@@H](OCc2ccccc2)[C@@H]1OC(=O)CCC(C)=O. The number of hydrogen-bond acceptors (Lipinski definition) is 10. The fourth-order valence-electron chi connectivity index (χ4n) is 4.35. The van der Waals surface area contributed by atoms with Crippen molar-refractivity contribution in [3.63, 3.8) is 0 Å². The number of hydrogen-bond donors (Lipinski definition) is 0. The molecule has 0 bridgehead atoms. The molecule has 5 atom stereocenters. The topological polar surface area (TPSA) is 124 Å². The first-order valence-electron chi connectivity index (χ1n) is 14.8. The van der Waals surface area contributed by atoms with E-state index in [4.69, 9.17) is 28.1 Å². The highest BCUT2D eigenvalue weighted by Crippen LogP contribution is 2.46. The highest BCUT2D eigenvalue weighted by atomic mass is 28.4. The lowest BCUT2D eigenvalue weighted by Gasteiger charge is -2.49. The lowest BCUT2D eigenvalue weighted by molar-refractivity contribution is -0.293. The van der Waals surface area contributed by atoms with E-state index in [1.165, 1.54) is 14.0 Å². The normalized spacial score (nSPS) is 23.0. The van der Waals surface area contributed by atoms with Gasteiger partial charge in [-0.2, -0.15) is 0 Å². The van der Waals surface area contributed by atoms with Crippen LogP contribution in [0.4, 0.5) is 0 Å². The van der Waals surface area contributed by atoms with Crippen LogP contribution in [-0.2, 0) is 53.9 Å². The molecule has 11 heteroatoms. The molecule has 1 aromatic carbocycles. The van der Waals surface area contributed by atoms with E-state index in [1.807, 2.05) is 43.4 Å². The molecule has 0 aliphatic carbocycles. The Kier molecular flexibility index (Phi) is 12.7. The van der Waals surface area contributed by atoms with Gasteiger partial charge in [0.25, 0.3) is 0 Å². The summed E-state index contributed by atoms with van der Waals surface area (Å²) in [4.78, 5) is 51.0. The van der Waals surface area contributed by atoms with Gasteiger partial charge in [0.2, 0.25) is 0 Å². The van der Waals surface area contributed by atoms with E-state index >= 15 is 0 Å². The molecule has 2 rings (SSSR count). The second kappa shape index (κ2) is 14.9. The van der Waals surface area contributed by atoms with Crippen LogP contribution >= 0.6 is 0 Å². The summed E-state index contributed by atoms with van der Waals surface area (Å²) in [5.74, 6) is -2.05. The van der Waals surface area contributed by atoms with Crippen molar-refractivity contribution in [2.24, 2.45) is 11.3 Å². The Hall–Kier alpha value is -2.60. The predicted molar refractivity (Wildman–Crippen MR) is 162 cm³/mol. The van der Waals surface area contributed by atoms with E-state index in [1.54, 1.807) is 20.8 Å². The third-order valence-corrected chi connectivity index (χ3v) is 12.9. The van der Waals surface area contributed by atoms with Crippen LogP contribution in [0.1, 0.15) is 73.8 Å². The van der Waals surface area contributed by atoms with Crippen LogP contribution in [0.3, 0.4) is 0 Å². The molecule has 1 aliphatic rings. The summed E-state index contributed by atoms with van der Waals surface area (Å²) in [6.45, 7) is 19.1. The zero-order valence-corrected chi connectivity index (χ0v) is 28.6. The molecule has 1 aliphatic heterocycles. The molecule has 0 N–H and O–H groups in total. The molecule has 1 unspecified atom stereocenters. The van der Waals surface area contributed by atoms with Crippen LogP contribution < -0.4 is 0 Å². The average molecular weight is 623 g/mol. The number of carbonyl (C=O) groups is 4. The highest BCUT2D eigenvalue weighted by Gasteiger charge is 2.57. The molecule has 0 aromatic heterocycles.